The van der Waals surface area contributed by atoms with Gasteiger partial charge >= 0.3 is 0 Å². The van der Waals surface area contributed by atoms with Crippen LogP contribution in [0.25, 0.3) is 0 Å². The van der Waals surface area contributed by atoms with Gasteiger partial charge in [-0.25, -0.2) is 0 Å². The number of aromatic nitrogens is 1. The van der Waals surface area contributed by atoms with Crippen LogP contribution in [-0.4, -0.2) is 14.1 Å². The number of anilines is 1. The number of benzene rings is 1. The van der Waals surface area contributed by atoms with E-state index in [4.69, 9.17) is 23.8 Å². The molecule has 0 fully saturated rings. The number of pyridine rings is 1. The minimum atomic E-state index is 0.0614. The standard InChI is InChI=1S/C17H19ClN2S2/c1-17(2,10-9-13-5-7-14(18)8-6-13)22-16(21)20-15-4-3-11-19-12-15/h3-8,11-12H,9-10H2,1-2H3,(H,20,21). The Labute approximate surface area is 146 Å². The third-order valence-corrected chi connectivity index (χ3v) is 4.85. The van der Waals surface area contributed by atoms with E-state index in [1.165, 1.54) is 5.56 Å². The van der Waals surface area contributed by atoms with Crippen molar-refractivity contribution in [1.29, 1.82) is 0 Å². The molecule has 0 spiro atoms. The molecule has 0 saturated carbocycles. The second-order valence-electron chi connectivity index (χ2n) is 5.64. The molecular formula is C17H19ClN2S2. The molecule has 2 aromatic rings. The number of nitrogens with zero attached hydrogens (tertiary/aromatic N) is 1. The first kappa shape index (κ1) is 17.3. The van der Waals surface area contributed by atoms with Gasteiger partial charge in [0.15, 0.2) is 0 Å². The van der Waals surface area contributed by atoms with Crippen molar-refractivity contribution >= 4 is 45.6 Å². The van der Waals surface area contributed by atoms with Crippen LogP contribution in [0.4, 0.5) is 5.69 Å². The second-order valence-corrected chi connectivity index (χ2v) is 8.46. The largest absolute Gasteiger partial charge is 0.340 e. The summed E-state index contributed by atoms with van der Waals surface area (Å²) in [5.41, 5.74) is 2.22. The van der Waals surface area contributed by atoms with E-state index in [1.54, 1.807) is 24.2 Å². The summed E-state index contributed by atoms with van der Waals surface area (Å²) in [7, 11) is 0. The maximum Gasteiger partial charge on any atom is 0.138 e. The fourth-order valence-electron chi connectivity index (χ4n) is 1.98. The molecule has 0 saturated heterocycles. The van der Waals surface area contributed by atoms with E-state index in [1.807, 2.05) is 24.3 Å². The molecule has 2 rings (SSSR count). The van der Waals surface area contributed by atoms with Crippen LogP contribution in [0.3, 0.4) is 0 Å². The number of aryl methyl sites for hydroxylation is 1. The summed E-state index contributed by atoms with van der Waals surface area (Å²) in [6.07, 6.45) is 5.56. The summed E-state index contributed by atoms with van der Waals surface area (Å²) in [6.45, 7) is 4.43. The van der Waals surface area contributed by atoms with Crippen LogP contribution in [0.15, 0.2) is 48.8 Å². The minimum Gasteiger partial charge on any atom is -0.340 e. The van der Waals surface area contributed by atoms with Crippen LogP contribution < -0.4 is 5.32 Å². The van der Waals surface area contributed by atoms with Crippen molar-refractivity contribution in [3.63, 3.8) is 0 Å². The summed E-state index contributed by atoms with van der Waals surface area (Å²) in [5, 5.41) is 4.00. The molecular weight excluding hydrogens is 332 g/mol. The first-order valence-corrected chi connectivity index (χ1v) is 8.69. The lowest BCUT2D eigenvalue weighted by molar-refractivity contribution is 0.642. The number of thioether (sulfide) groups is 1. The van der Waals surface area contributed by atoms with Crippen molar-refractivity contribution < 1.29 is 0 Å². The van der Waals surface area contributed by atoms with Crippen LogP contribution in [0.2, 0.25) is 5.02 Å². The zero-order valence-corrected chi connectivity index (χ0v) is 15.1. The molecule has 0 atom stereocenters. The van der Waals surface area contributed by atoms with Crippen molar-refractivity contribution in [2.24, 2.45) is 0 Å². The maximum atomic E-state index is 5.91. The van der Waals surface area contributed by atoms with E-state index in [0.717, 1.165) is 27.9 Å². The van der Waals surface area contributed by atoms with Gasteiger partial charge in [0.2, 0.25) is 0 Å². The monoisotopic (exact) mass is 350 g/mol. The van der Waals surface area contributed by atoms with Crippen molar-refractivity contribution in [1.82, 2.24) is 4.98 Å². The van der Waals surface area contributed by atoms with Gasteiger partial charge in [0.05, 0.1) is 11.9 Å². The van der Waals surface area contributed by atoms with Crippen LogP contribution in [0.5, 0.6) is 0 Å². The number of hydrogen-bond acceptors (Lipinski definition) is 3. The highest BCUT2D eigenvalue weighted by Gasteiger charge is 2.21. The van der Waals surface area contributed by atoms with Gasteiger partial charge in [0.25, 0.3) is 0 Å². The molecule has 1 aromatic heterocycles. The SMILES string of the molecule is CC(C)(CCc1ccc(Cl)cc1)SC(=S)Nc1cccnc1. The molecule has 0 aliphatic carbocycles. The predicted octanol–water partition coefficient (Wildman–Crippen LogP) is 5.58. The molecule has 0 radical (unpaired) electrons. The van der Waals surface area contributed by atoms with Gasteiger partial charge in [0, 0.05) is 16.0 Å². The van der Waals surface area contributed by atoms with Crippen molar-refractivity contribution in [2.45, 2.75) is 31.4 Å². The first-order valence-electron chi connectivity index (χ1n) is 7.09. The highest BCUT2D eigenvalue weighted by molar-refractivity contribution is 8.24. The van der Waals surface area contributed by atoms with Crippen molar-refractivity contribution in [2.75, 3.05) is 5.32 Å². The minimum absolute atomic E-state index is 0.0614. The van der Waals surface area contributed by atoms with Gasteiger partial charge < -0.3 is 5.32 Å². The fourth-order valence-corrected chi connectivity index (χ4v) is 3.77. The van der Waals surface area contributed by atoms with Crippen LogP contribution >= 0.6 is 35.6 Å². The third kappa shape index (κ3) is 5.95. The summed E-state index contributed by atoms with van der Waals surface area (Å²) >= 11 is 13.0. The predicted molar refractivity (Wildman–Crippen MR) is 102 cm³/mol. The van der Waals surface area contributed by atoms with Gasteiger partial charge in [-0.05, 0) is 42.7 Å². The molecule has 1 aromatic carbocycles. The number of thiocarbonyl (C=S) groups is 1. The van der Waals surface area contributed by atoms with Crippen LogP contribution in [0.1, 0.15) is 25.8 Å². The highest BCUT2D eigenvalue weighted by atomic mass is 35.5. The lowest BCUT2D eigenvalue weighted by atomic mass is 10.0. The summed E-state index contributed by atoms with van der Waals surface area (Å²) in [5.74, 6) is 0. The summed E-state index contributed by atoms with van der Waals surface area (Å²) < 4.78 is 0.834. The van der Waals surface area contributed by atoms with E-state index >= 15 is 0 Å². The Balaban J connectivity index is 1.84. The second kappa shape index (κ2) is 7.95. The zero-order chi connectivity index (χ0) is 16.0. The fraction of sp³-hybridized carbons (Fsp3) is 0.294. The molecule has 1 heterocycles. The Morgan fingerprint density at radius 2 is 2.00 bits per heavy atom. The normalized spacial score (nSPS) is 11.2. The molecule has 2 nitrogen and oxygen atoms in total. The molecule has 5 heteroatoms. The molecule has 0 aliphatic heterocycles. The van der Waals surface area contributed by atoms with Gasteiger partial charge in [-0.1, -0.05) is 61.6 Å². The highest BCUT2D eigenvalue weighted by Crippen LogP contribution is 2.31. The molecule has 0 unspecified atom stereocenters. The van der Waals surface area contributed by atoms with Crippen LogP contribution in [0, 0.1) is 0 Å². The molecule has 1 N–H and O–H groups in total. The van der Waals surface area contributed by atoms with Gasteiger partial charge in [-0.15, -0.1) is 0 Å². The number of halogens is 1. The van der Waals surface area contributed by atoms with E-state index in [9.17, 15) is 0 Å². The Morgan fingerprint density at radius 3 is 2.64 bits per heavy atom. The van der Waals surface area contributed by atoms with E-state index < -0.39 is 0 Å². The van der Waals surface area contributed by atoms with Crippen molar-refractivity contribution in [3.05, 3.63) is 59.4 Å². The lowest BCUT2D eigenvalue weighted by Crippen LogP contribution is -2.21. The molecule has 0 amide bonds. The first-order chi connectivity index (χ1) is 10.4. The van der Waals surface area contributed by atoms with Gasteiger partial charge in [-0.2, -0.15) is 0 Å². The lowest BCUT2D eigenvalue weighted by Gasteiger charge is -2.24. The average molecular weight is 351 g/mol. The Kier molecular flexibility index (Phi) is 6.24. The molecule has 116 valence electrons. The smallest absolute Gasteiger partial charge is 0.138 e. The van der Waals surface area contributed by atoms with Gasteiger partial charge in [-0.3, -0.25) is 4.98 Å². The van der Waals surface area contributed by atoms with E-state index in [2.05, 4.69) is 36.3 Å². The molecule has 0 aliphatic rings. The Bertz CT molecular complexity index is 612. The third-order valence-electron chi connectivity index (χ3n) is 3.21. The van der Waals surface area contributed by atoms with E-state index in [0.29, 0.717) is 0 Å². The van der Waals surface area contributed by atoms with Crippen LogP contribution in [-0.2, 0) is 6.42 Å². The maximum absolute atomic E-state index is 5.91. The van der Waals surface area contributed by atoms with Gasteiger partial charge in [0.1, 0.15) is 4.32 Å². The number of rotatable bonds is 5. The topological polar surface area (TPSA) is 24.9 Å². The molecule has 22 heavy (non-hydrogen) atoms. The average Bonchev–Trinajstić information content (AvgIpc) is 2.47. The number of nitrogens with one attached hydrogen (secondary N) is 1. The Hall–Kier alpha value is -1.10. The zero-order valence-electron chi connectivity index (χ0n) is 12.7. The molecule has 0 bridgehead atoms. The summed E-state index contributed by atoms with van der Waals surface area (Å²) in [4.78, 5) is 4.08. The van der Waals surface area contributed by atoms with Crippen molar-refractivity contribution in [3.8, 4) is 0 Å². The number of hydrogen-bond donors (Lipinski definition) is 1. The van der Waals surface area contributed by atoms with E-state index in [-0.39, 0.29) is 4.75 Å². The summed E-state index contributed by atoms with van der Waals surface area (Å²) in [6, 6.07) is 11.9. The Morgan fingerprint density at radius 1 is 1.27 bits per heavy atom. The quantitative estimate of drug-likeness (QED) is 0.712.